The first-order chi connectivity index (χ1) is 12.9. The number of benzene rings is 1. The number of aryl methyl sites for hydroxylation is 1. The van der Waals surface area contributed by atoms with E-state index in [1.807, 2.05) is 11.5 Å². The van der Waals surface area contributed by atoms with Crippen LogP contribution in [0.5, 0.6) is 5.75 Å². The van der Waals surface area contributed by atoms with Gasteiger partial charge in [-0.3, -0.25) is 4.99 Å². The summed E-state index contributed by atoms with van der Waals surface area (Å²) in [6.07, 6.45) is -2.05. The van der Waals surface area contributed by atoms with Gasteiger partial charge in [0.05, 0.1) is 12.7 Å². The number of aliphatic imine (C=N–C) groups is 1. The van der Waals surface area contributed by atoms with Gasteiger partial charge in [0.1, 0.15) is 17.9 Å². The van der Waals surface area contributed by atoms with Gasteiger partial charge in [-0.15, -0.1) is 34.2 Å². The number of methoxy groups -OCH3 is 1. The van der Waals surface area contributed by atoms with Crippen molar-refractivity contribution in [2.24, 2.45) is 4.99 Å². The van der Waals surface area contributed by atoms with Crippen molar-refractivity contribution in [1.82, 2.24) is 25.4 Å². The molecule has 0 amide bonds. The number of guanidine groups is 1. The normalized spacial score (nSPS) is 11.7. The van der Waals surface area contributed by atoms with Crippen LogP contribution < -0.4 is 15.4 Å². The molecule has 0 unspecified atom stereocenters. The van der Waals surface area contributed by atoms with Gasteiger partial charge in [-0.2, -0.15) is 13.2 Å². The first-order valence-electron chi connectivity index (χ1n) is 8.44. The molecule has 0 atom stereocenters. The Hall–Kier alpha value is -2.05. The zero-order chi connectivity index (χ0) is 19.9. The summed E-state index contributed by atoms with van der Waals surface area (Å²) in [7, 11) is 2.89. The molecule has 0 spiro atoms. The topological polar surface area (TPSA) is 76.4 Å². The summed E-state index contributed by atoms with van der Waals surface area (Å²) in [5, 5.41) is 13.8. The summed E-state index contributed by atoms with van der Waals surface area (Å²) < 4.78 is 46.6. The van der Waals surface area contributed by atoms with Gasteiger partial charge in [-0.05, 0) is 17.7 Å². The Bertz CT molecular complexity index is 778. The van der Waals surface area contributed by atoms with E-state index >= 15 is 0 Å². The van der Waals surface area contributed by atoms with Crippen LogP contribution in [0.3, 0.4) is 0 Å². The van der Waals surface area contributed by atoms with Crippen molar-refractivity contribution < 1.29 is 17.9 Å². The summed E-state index contributed by atoms with van der Waals surface area (Å²) in [4.78, 5) is 4.04. The van der Waals surface area contributed by atoms with Crippen LogP contribution >= 0.6 is 24.0 Å². The molecule has 0 saturated carbocycles. The average molecular weight is 512 g/mol. The number of rotatable bonds is 7. The Morgan fingerprint density at radius 2 is 2.04 bits per heavy atom. The van der Waals surface area contributed by atoms with Gasteiger partial charge in [-0.1, -0.05) is 13.0 Å². The van der Waals surface area contributed by atoms with E-state index < -0.39 is 11.7 Å². The molecule has 2 rings (SSSR count). The number of hydrogen-bond donors (Lipinski definition) is 2. The van der Waals surface area contributed by atoms with Crippen LogP contribution in [0.25, 0.3) is 0 Å². The predicted octanol–water partition coefficient (Wildman–Crippen LogP) is 2.85. The fraction of sp³-hybridized carbons (Fsp3) is 0.471. The number of halogens is 4. The van der Waals surface area contributed by atoms with E-state index in [0.717, 1.165) is 18.3 Å². The molecule has 0 radical (unpaired) electrons. The lowest BCUT2D eigenvalue weighted by molar-refractivity contribution is -0.138. The van der Waals surface area contributed by atoms with Crippen LogP contribution in [0.4, 0.5) is 13.2 Å². The van der Waals surface area contributed by atoms with Gasteiger partial charge in [0, 0.05) is 33.1 Å². The second kappa shape index (κ2) is 11.1. The molecule has 11 heteroatoms. The van der Waals surface area contributed by atoms with Gasteiger partial charge >= 0.3 is 6.18 Å². The first kappa shape index (κ1) is 24.0. The van der Waals surface area contributed by atoms with Crippen LogP contribution in [-0.2, 0) is 25.7 Å². The second-order valence-corrected chi connectivity index (χ2v) is 5.67. The van der Waals surface area contributed by atoms with Gasteiger partial charge in [0.2, 0.25) is 0 Å². The van der Waals surface area contributed by atoms with Crippen LogP contribution in [0.15, 0.2) is 29.5 Å². The highest BCUT2D eigenvalue weighted by Gasteiger charge is 2.33. The third kappa shape index (κ3) is 6.53. The van der Waals surface area contributed by atoms with Crippen LogP contribution in [-0.4, -0.2) is 41.4 Å². The zero-order valence-electron chi connectivity index (χ0n) is 15.9. The lowest BCUT2D eigenvalue weighted by Crippen LogP contribution is -2.38. The van der Waals surface area contributed by atoms with E-state index in [-0.39, 0.29) is 41.8 Å². The fourth-order valence-corrected chi connectivity index (χ4v) is 2.53. The largest absolute Gasteiger partial charge is 0.497 e. The monoisotopic (exact) mass is 512 g/mol. The zero-order valence-corrected chi connectivity index (χ0v) is 18.2. The molecule has 0 fully saturated rings. The van der Waals surface area contributed by atoms with E-state index in [9.17, 15) is 13.2 Å². The molecule has 0 aliphatic rings. The summed E-state index contributed by atoms with van der Waals surface area (Å²) in [6.45, 7) is 3.11. The SMILES string of the molecule is CCc1nncn1CCNC(=NC)NCc1ccc(OC)cc1C(F)(F)F.I. The van der Waals surface area contributed by atoms with E-state index in [4.69, 9.17) is 4.74 Å². The Morgan fingerprint density at radius 3 is 2.64 bits per heavy atom. The molecule has 1 aromatic heterocycles. The number of nitrogens with zero attached hydrogens (tertiary/aromatic N) is 4. The highest BCUT2D eigenvalue weighted by atomic mass is 127. The maximum absolute atomic E-state index is 13.3. The maximum atomic E-state index is 13.3. The molecule has 1 heterocycles. The molecule has 0 bridgehead atoms. The van der Waals surface area contributed by atoms with E-state index in [1.165, 1.54) is 19.2 Å². The number of nitrogens with one attached hydrogen (secondary N) is 2. The van der Waals surface area contributed by atoms with Gasteiger partial charge in [0.15, 0.2) is 5.96 Å². The molecule has 0 saturated heterocycles. The molecule has 7 nitrogen and oxygen atoms in total. The third-order valence-corrected chi connectivity index (χ3v) is 3.95. The van der Waals surface area contributed by atoms with Crippen molar-refractivity contribution in [3.8, 4) is 5.75 Å². The summed E-state index contributed by atoms with van der Waals surface area (Å²) in [6, 6.07) is 3.89. The van der Waals surface area contributed by atoms with Crippen LogP contribution in [0.2, 0.25) is 0 Å². The minimum absolute atomic E-state index is 0. The quantitative estimate of drug-likeness (QED) is 0.339. The van der Waals surface area contributed by atoms with E-state index in [2.05, 4.69) is 25.8 Å². The van der Waals surface area contributed by atoms with E-state index in [1.54, 1.807) is 13.4 Å². The summed E-state index contributed by atoms with van der Waals surface area (Å²) in [5.74, 6) is 1.44. The van der Waals surface area contributed by atoms with Crippen molar-refractivity contribution >= 4 is 29.9 Å². The highest BCUT2D eigenvalue weighted by Crippen LogP contribution is 2.34. The number of hydrogen-bond acceptors (Lipinski definition) is 4. The average Bonchev–Trinajstić information content (AvgIpc) is 3.11. The Labute approximate surface area is 178 Å². The van der Waals surface area contributed by atoms with Gasteiger partial charge in [-0.25, -0.2) is 0 Å². The van der Waals surface area contributed by atoms with Crippen molar-refractivity contribution in [1.29, 1.82) is 0 Å². The highest BCUT2D eigenvalue weighted by molar-refractivity contribution is 14.0. The summed E-state index contributed by atoms with van der Waals surface area (Å²) >= 11 is 0. The molecule has 1 aromatic carbocycles. The van der Waals surface area contributed by atoms with Gasteiger partial charge < -0.3 is 19.9 Å². The lowest BCUT2D eigenvalue weighted by Gasteiger charge is -2.17. The summed E-state index contributed by atoms with van der Waals surface area (Å²) in [5.41, 5.74) is -0.625. The molecule has 156 valence electrons. The number of aromatic nitrogens is 3. The molecule has 2 N–H and O–H groups in total. The minimum Gasteiger partial charge on any atom is -0.497 e. The number of ether oxygens (including phenoxy) is 1. The Balaban J connectivity index is 0.00000392. The van der Waals surface area contributed by atoms with E-state index in [0.29, 0.717) is 19.0 Å². The number of alkyl halides is 3. The van der Waals surface area contributed by atoms with Gasteiger partial charge in [0.25, 0.3) is 0 Å². The van der Waals surface area contributed by atoms with Crippen molar-refractivity contribution in [3.05, 3.63) is 41.5 Å². The Kier molecular flexibility index (Phi) is 9.49. The van der Waals surface area contributed by atoms with Crippen molar-refractivity contribution in [2.75, 3.05) is 20.7 Å². The van der Waals surface area contributed by atoms with Crippen LogP contribution in [0.1, 0.15) is 23.9 Å². The van der Waals surface area contributed by atoms with Crippen molar-refractivity contribution in [2.45, 2.75) is 32.6 Å². The maximum Gasteiger partial charge on any atom is 0.416 e. The molecule has 0 aliphatic heterocycles. The molecular weight excluding hydrogens is 488 g/mol. The minimum atomic E-state index is -4.46. The lowest BCUT2D eigenvalue weighted by atomic mass is 10.1. The van der Waals surface area contributed by atoms with Crippen molar-refractivity contribution in [3.63, 3.8) is 0 Å². The molecule has 28 heavy (non-hydrogen) atoms. The third-order valence-electron chi connectivity index (χ3n) is 3.95. The fourth-order valence-electron chi connectivity index (χ4n) is 2.53. The predicted molar refractivity (Wildman–Crippen MR) is 111 cm³/mol. The smallest absolute Gasteiger partial charge is 0.416 e. The second-order valence-electron chi connectivity index (χ2n) is 5.67. The molecule has 0 aliphatic carbocycles. The first-order valence-corrected chi connectivity index (χ1v) is 8.44. The molecular formula is C17H24F3IN6O. The van der Waals surface area contributed by atoms with Crippen LogP contribution in [0, 0.1) is 0 Å². The Morgan fingerprint density at radius 1 is 1.29 bits per heavy atom. The molecule has 2 aromatic rings. The standard InChI is InChI=1S/C17H23F3N6O.HI/c1-4-15-25-24-11-26(15)8-7-22-16(21-2)23-10-12-5-6-13(27-3)9-14(12)17(18,19)20;/h5-6,9,11H,4,7-8,10H2,1-3H3,(H2,21,22,23);1H.